The van der Waals surface area contributed by atoms with Gasteiger partial charge in [0.05, 0.1) is 5.75 Å². The number of anilines is 1. The van der Waals surface area contributed by atoms with Crippen molar-refractivity contribution in [2.24, 2.45) is 0 Å². The Hall–Kier alpha value is -2.93. The number of aryl methyl sites for hydroxylation is 1. The molecule has 0 fully saturated rings. The summed E-state index contributed by atoms with van der Waals surface area (Å²) in [6, 6.07) is 17.3. The molecule has 27 heavy (non-hydrogen) atoms. The molecular weight excluding hydrogens is 360 g/mol. The van der Waals surface area contributed by atoms with Crippen molar-refractivity contribution in [3.05, 3.63) is 81.8 Å². The van der Waals surface area contributed by atoms with Gasteiger partial charge < -0.3 is 5.32 Å². The van der Waals surface area contributed by atoms with Gasteiger partial charge in [-0.25, -0.2) is 0 Å². The van der Waals surface area contributed by atoms with Crippen molar-refractivity contribution in [3.8, 4) is 0 Å². The molecule has 0 atom stereocenters. The highest BCUT2D eigenvalue weighted by atomic mass is 32.2. The van der Waals surface area contributed by atoms with Crippen LogP contribution in [0.5, 0.6) is 0 Å². The third-order valence-electron chi connectivity index (χ3n) is 3.94. The highest BCUT2D eigenvalue weighted by Crippen LogP contribution is 2.13. The van der Waals surface area contributed by atoms with Crippen molar-refractivity contribution in [1.82, 2.24) is 15.2 Å². The van der Waals surface area contributed by atoms with E-state index in [-0.39, 0.29) is 17.2 Å². The molecule has 0 radical (unpaired) electrons. The number of benzene rings is 2. The number of aromatic amines is 1. The largest absolute Gasteiger partial charge is 0.325 e. The molecule has 0 saturated heterocycles. The fourth-order valence-corrected chi connectivity index (χ4v) is 3.07. The lowest BCUT2D eigenvalue weighted by Crippen LogP contribution is -2.19. The minimum absolute atomic E-state index is 0.137. The maximum absolute atomic E-state index is 12.2. The topological polar surface area (TPSA) is 87.7 Å². The van der Waals surface area contributed by atoms with E-state index in [1.807, 2.05) is 54.6 Å². The molecular formula is C20H20N4O2S. The van der Waals surface area contributed by atoms with Crippen LogP contribution in [0.15, 0.2) is 64.5 Å². The molecule has 2 N–H and O–H groups in total. The van der Waals surface area contributed by atoms with Gasteiger partial charge in [-0.15, -0.1) is 10.2 Å². The minimum Gasteiger partial charge on any atom is -0.325 e. The number of hydrogen-bond donors (Lipinski definition) is 2. The number of nitrogens with zero attached hydrogens (tertiary/aromatic N) is 2. The number of H-pyrrole nitrogens is 1. The fraction of sp³-hybridized carbons (Fsp3) is 0.200. The summed E-state index contributed by atoms with van der Waals surface area (Å²) in [5, 5.41) is 11.2. The van der Waals surface area contributed by atoms with Crippen LogP contribution in [-0.4, -0.2) is 26.8 Å². The predicted molar refractivity (Wildman–Crippen MR) is 107 cm³/mol. The van der Waals surface area contributed by atoms with Crippen molar-refractivity contribution in [2.45, 2.75) is 24.9 Å². The molecule has 1 heterocycles. The van der Waals surface area contributed by atoms with Crippen LogP contribution in [0, 0.1) is 0 Å². The van der Waals surface area contributed by atoms with Crippen molar-refractivity contribution >= 4 is 23.4 Å². The minimum atomic E-state index is -0.285. The number of thioether (sulfide) groups is 1. The molecule has 0 unspecified atom stereocenters. The zero-order chi connectivity index (χ0) is 19.1. The van der Waals surface area contributed by atoms with Gasteiger partial charge in [-0.1, -0.05) is 61.2 Å². The number of carbonyl (C=O) groups excluding carboxylic acids is 1. The molecule has 0 saturated carbocycles. The van der Waals surface area contributed by atoms with Crippen molar-refractivity contribution in [1.29, 1.82) is 0 Å². The first-order valence-electron chi connectivity index (χ1n) is 8.65. The van der Waals surface area contributed by atoms with Gasteiger partial charge in [0.25, 0.3) is 5.56 Å². The Labute approximate surface area is 161 Å². The van der Waals surface area contributed by atoms with Crippen molar-refractivity contribution in [2.75, 3.05) is 11.1 Å². The Morgan fingerprint density at radius 1 is 1.04 bits per heavy atom. The van der Waals surface area contributed by atoms with E-state index in [1.54, 1.807) is 0 Å². The van der Waals surface area contributed by atoms with E-state index in [0.29, 0.717) is 17.3 Å². The van der Waals surface area contributed by atoms with Crippen LogP contribution in [0.3, 0.4) is 0 Å². The summed E-state index contributed by atoms with van der Waals surface area (Å²) in [6.45, 7) is 2.08. The summed E-state index contributed by atoms with van der Waals surface area (Å²) in [7, 11) is 0. The van der Waals surface area contributed by atoms with Gasteiger partial charge in [-0.3, -0.25) is 14.6 Å². The van der Waals surface area contributed by atoms with Crippen LogP contribution in [0.2, 0.25) is 0 Å². The Bertz CT molecular complexity index is 956. The average molecular weight is 380 g/mol. The Morgan fingerprint density at radius 3 is 2.44 bits per heavy atom. The average Bonchev–Trinajstić information content (AvgIpc) is 2.70. The predicted octanol–water partition coefficient (Wildman–Crippen LogP) is 3.05. The SMILES string of the molecule is CCc1ccc(NC(=O)CSc2nnc(Cc3ccccc3)c(=O)[nH]2)cc1. The number of hydrogen-bond acceptors (Lipinski definition) is 5. The first-order chi connectivity index (χ1) is 13.1. The number of rotatable bonds is 7. The molecule has 6 nitrogen and oxygen atoms in total. The molecule has 0 bridgehead atoms. The molecule has 0 spiro atoms. The van der Waals surface area contributed by atoms with E-state index in [0.717, 1.165) is 29.4 Å². The van der Waals surface area contributed by atoms with Crippen LogP contribution >= 0.6 is 11.8 Å². The highest BCUT2D eigenvalue weighted by molar-refractivity contribution is 7.99. The second kappa shape index (κ2) is 9.14. The van der Waals surface area contributed by atoms with Gasteiger partial charge in [-0.05, 0) is 29.7 Å². The molecule has 7 heteroatoms. The van der Waals surface area contributed by atoms with Crippen LogP contribution in [0.25, 0.3) is 0 Å². The molecule has 3 aromatic rings. The first-order valence-corrected chi connectivity index (χ1v) is 9.64. The van der Waals surface area contributed by atoms with Gasteiger partial charge >= 0.3 is 0 Å². The maximum atomic E-state index is 12.2. The Balaban J connectivity index is 1.55. The molecule has 1 amide bonds. The number of amides is 1. The third-order valence-corrected chi connectivity index (χ3v) is 4.81. The molecule has 3 rings (SSSR count). The smallest absolute Gasteiger partial charge is 0.273 e. The molecule has 138 valence electrons. The second-order valence-electron chi connectivity index (χ2n) is 5.96. The Morgan fingerprint density at radius 2 is 1.78 bits per heavy atom. The second-order valence-corrected chi connectivity index (χ2v) is 6.92. The van der Waals surface area contributed by atoms with E-state index in [4.69, 9.17) is 0 Å². The molecule has 2 aromatic carbocycles. The van der Waals surface area contributed by atoms with Gasteiger partial charge in [0.1, 0.15) is 5.69 Å². The van der Waals surface area contributed by atoms with E-state index in [2.05, 4.69) is 27.4 Å². The quantitative estimate of drug-likeness (QED) is 0.615. The van der Waals surface area contributed by atoms with Gasteiger partial charge in [0, 0.05) is 12.1 Å². The van der Waals surface area contributed by atoms with Crippen LogP contribution in [0.1, 0.15) is 23.7 Å². The molecule has 0 aliphatic carbocycles. The van der Waals surface area contributed by atoms with E-state index < -0.39 is 0 Å². The van der Waals surface area contributed by atoms with Gasteiger partial charge in [-0.2, -0.15) is 0 Å². The lowest BCUT2D eigenvalue weighted by molar-refractivity contribution is -0.113. The summed E-state index contributed by atoms with van der Waals surface area (Å²) >= 11 is 1.14. The summed E-state index contributed by atoms with van der Waals surface area (Å²) in [5.74, 6) is -0.0293. The van der Waals surface area contributed by atoms with Crippen molar-refractivity contribution < 1.29 is 4.79 Å². The lowest BCUT2D eigenvalue weighted by atomic mass is 10.1. The highest BCUT2D eigenvalue weighted by Gasteiger charge is 2.09. The molecule has 0 aliphatic heterocycles. The lowest BCUT2D eigenvalue weighted by Gasteiger charge is -2.06. The molecule has 1 aromatic heterocycles. The van der Waals surface area contributed by atoms with Crippen LogP contribution in [0.4, 0.5) is 5.69 Å². The fourth-order valence-electron chi connectivity index (χ4n) is 2.47. The van der Waals surface area contributed by atoms with E-state index >= 15 is 0 Å². The number of nitrogens with one attached hydrogen (secondary N) is 2. The number of aromatic nitrogens is 3. The van der Waals surface area contributed by atoms with Crippen LogP contribution in [-0.2, 0) is 17.6 Å². The van der Waals surface area contributed by atoms with Gasteiger partial charge in [0.15, 0.2) is 5.16 Å². The normalized spacial score (nSPS) is 10.6. The monoisotopic (exact) mass is 380 g/mol. The third kappa shape index (κ3) is 5.52. The maximum Gasteiger partial charge on any atom is 0.273 e. The standard InChI is InChI=1S/C20H20N4O2S/c1-2-14-8-10-16(11-9-14)21-18(25)13-27-20-22-19(26)17(23-24-20)12-15-6-4-3-5-7-15/h3-11H,2,12-13H2,1H3,(H,21,25)(H,22,24,26). The van der Waals surface area contributed by atoms with Crippen molar-refractivity contribution in [3.63, 3.8) is 0 Å². The summed E-state index contributed by atoms with van der Waals surface area (Å²) in [5.41, 5.74) is 3.02. The Kier molecular flexibility index (Phi) is 6.38. The molecule has 0 aliphatic rings. The zero-order valence-corrected chi connectivity index (χ0v) is 15.8. The summed E-state index contributed by atoms with van der Waals surface area (Å²) in [6.07, 6.45) is 1.37. The van der Waals surface area contributed by atoms with E-state index in [9.17, 15) is 9.59 Å². The van der Waals surface area contributed by atoms with Crippen LogP contribution < -0.4 is 10.9 Å². The summed E-state index contributed by atoms with van der Waals surface area (Å²) in [4.78, 5) is 26.9. The summed E-state index contributed by atoms with van der Waals surface area (Å²) < 4.78 is 0. The van der Waals surface area contributed by atoms with Gasteiger partial charge in [0.2, 0.25) is 5.91 Å². The van der Waals surface area contributed by atoms with E-state index in [1.165, 1.54) is 5.56 Å². The zero-order valence-electron chi connectivity index (χ0n) is 14.9. The number of carbonyl (C=O) groups is 1. The first kappa shape index (κ1) is 18.8.